The van der Waals surface area contributed by atoms with Crippen LogP contribution in [-0.2, 0) is 21.2 Å². The molecule has 2 N–H and O–H groups in total. The Hall–Kier alpha value is -0.990. The fraction of sp³-hybridized carbons (Fsp3) is 0.800. The summed E-state index contributed by atoms with van der Waals surface area (Å²) in [5, 5.41) is 12.7. The first kappa shape index (κ1) is 13.4. The molecule has 0 aliphatic heterocycles. The summed E-state index contributed by atoms with van der Waals surface area (Å²) in [6.07, 6.45) is 2.35. The van der Waals surface area contributed by atoms with Crippen molar-refractivity contribution in [1.82, 2.24) is 14.8 Å². The molecule has 1 aromatic rings. The van der Waals surface area contributed by atoms with Crippen LogP contribution < -0.4 is 5.14 Å². The Labute approximate surface area is 106 Å². The van der Waals surface area contributed by atoms with Gasteiger partial charge in [-0.1, -0.05) is 0 Å². The van der Waals surface area contributed by atoms with E-state index in [1.165, 1.54) is 0 Å². The number of sulfonamides is 1. The molecule has 102 valence electrons. The Balaban J connectivity index is 2.40. The molecule has 0 aromatic carbocycles. The van der Waals surface area contributed by atoms with Gasteiger partial charge in [-0.15, -0.1) is 10.2 Å². The predicted molar refractivity (Wildman–Crippen MR) is 64.5 cm³/mol. The molecule has 8 heteroatoms. The number of methoxy groups -OCH3 is 1. The van der Waals surface area contributed by atoms with Gasteiger partial charge in [0.2, 0.25) is 0 Å². The molecule has 1 aromatic heterocycles. The summed E-state index contributed by atoms with van der Waals surface area (Å²) in [5.74, 6) is 0.605. The largest absolute Gasteiger partial charge is 0.378 e. The van der Waals surface area contributed by atoms with Gasteiger partial charge in [0.1, 0.15) is 5.82 Å². The Morgan fingerprint density at radius 2 is 2.06 bits per heavy atom. The van der Waals surface area contributed by atoms with E-state index in [1.54, 1.807) is 11.7 Å². The van der Waals surface area contributed by atoms with Crippen molar-refractivity contribution in [2.24, 2.45) is 5.14 Å². The van der Waals surface area contributed by atoms with E-state index in [0.717, 1.165) is 12.8 Å². The lowest BCUT2D eigenvalue weighted by molar-refractivity contribution is 0.0207. The molecular formula is C10H18N4O3S. The zero-order valence-corrected chi connectivity index (χ0v) is 11.6. The molecule has 2 rings (SSSR count). The van der Waals surface area contributed by atoms with Gasteiger partial charge < -0.3 is 4.74 Å². The molecule has 0 spiro atoms. The second-order valence-corrected chi connectivity index (χ2v) is 6.64. The monoisotopic (exact) mass is 274 g/mol. The zero-order chi connectivity index (χ0) is 13.6. The van der Waals surface area contributed by atoms with Crippen molar-refractivity contribution >= 4 is 10.0 Å². The summed E-state index contributed by atoms with van der Waals surface area (Å²) < 4.78 is 29.9. The van der Waals surface area contributed by atoms with E-state index in [-0.39, 0.29) is 11.2 Å². The van der Waals surface area contributed by atoms with E-state index in [0.29, 0.717) is 12.2 Å². The first-order valence-electron chi connectivity index (χ1n) is 5.76. The lowest BCUT2D eigenvalue weighted by Gasteiger charge is -2.22. The first-order valence-corrected chi connectivity index (χ1v) is 7.31. The topological polar surface area (TPSA) is 100 Å². The Kier molecular flexibility index (Phi) is 3.20. The van der Waals surface area contributed by atoms with E-state index >= 15 is 0 Å². The van der Waals surface area contributed by atoms with E-state index < -0.39 is 15.6 Å². The number of nitrogens with two attached hydrogens (primary N) is 1. The Bertz CT molecular complexity index is 545. The maximum Gasteiger partial charge on any atom is 0.273 e. The number of aromatic nitrogens is 3. The van der Waals surface area contributed by atoms with Crippen LogP contribution in [0.5, 0.6) is 0 Å². The van der Waals surface area contributed by atoms with Crippen molar-refractivity contribution < 1.29 is 13.2 Å². The van der Waals surface area contributed by atoms with Gasteiger partial charge in [0, 0.05) is 19.6 Å². The molecular weight excluding hydrogens is 256 g/mol. The molecule has 0 bridgehead atoms. The number of hydrogen-bond acceptors (Lipinski definition) is 5. The minimum Gasteiger partial charge on any atom is -0.378 e. The summed E-state index contributed by atoms with van der Waals surface area (Å²) in [5.41, 5.74) is -0.421. The summed E-state index contributed by atoms with van der Waals surface area (Å²) in [6.45, 7) is 3.82. The number of nitrogens with zero attached hydrogens (tertiary/aromatic N) is 3. The van der Waals surface area contributed by atoms with Gasteiger partial charge in [-0.25, -0.2) is 13.6 Å². The van der Waals surface area contributed by atoms with Crippen LogP contribution in [0.2, 0.25) is 0 Å². The predicted octanol–water partition coefficient (Wildman–Crippen LogP) is 0.228. The van der Waals surface area contributed by atoms with Crippen LogP contribution in [0.25, 0.3) is 0 Å². The highest BCUT2D eigenvalue weighted by molar-refractivity contribution is 7.89. The van der Waals surface area contributed by atoms with Crippen molar-refractivity contribution in [3.8, 4) is 0 Å². The van der Waals surface area contributed by atoms with Gasteiger partial charge in [0.25, 0.3) is 15.2 Å². The maximum atomic E-state index is 11.5. The second kappa shape index (κ2) is 4.29. The van der Waals surface area contributed by atoms with Crippen LogP contribution in [0.4, 0.5) is 0 Å². The molecule has 18 heavy (non-hydrogen) atoms. The molecule has 0 amide bonds. The molecule has 1 aliphatic carbocycles. The SMILES string of the molecule is COC(C)(C)Cc1nnc(S(N)(=O)=O)n1C1CC1. The third-order valence-electron chi connectivity index (χ3n) is 3.04. The van der Waals surface area contributed by atoms with Crippen molar-refractivity contribution in [2.75, 3.05) is 7.11 Å². The third-order valence-corrected chi connectivity index (χ3v) is 3.83. The summed E-state index contributed by atoms with van der Waals surface area (Å²) >= 11 is 0. The fourth-order valence-electron chi connectivity index (χ4n) is 1.77. The maximum absolute atomic E-state index is 11.5. The molecule has 0 atom stereocenters. The van der Waals surface area contributed by atoms with Gasteiger partial charge >= 0.3 is 0 Å². The lowest BCUT2D eigenvalue weighted by atomic mass is 10.1. The average Bonchev–Trinajstić information content (AvgIpc) is 2.99. The number of primary sulfonamides is 1. The normalized spacial score (nSPS) is 17.1. The highest BCUT2D eigenvalue weighted by Crippen LogP contribution is 2.38. The first-order chi connectivity index (χ1) is 8.24. The Morgan fingerprint density at radius 3 is 2.50 bits per heavy atom. The fourth-order valence-corrected chi connectivity index (χ4v) is 2.46. The van der Waals surface area contributed by atoms with Crippen molar-refractivity contribution in [3.63, 3.8) is 0 Å². The molecule has 1 aliphatic rings. The van der Waals surface area contributed by atoms with Crippen molar-refractivity contribution in [2.45, 2.75) is 49.9 Å². The van der Waals surface area contributed by atoms with E-state index in [4.69, 9.17) is 9.88 Å². The van der Waals surface area contributed by atoms with Crippen LogP contribution in [0.15, 0.2) is 5.16 Å². The Morgan fingerprint density at radius 1 is 1.44 bits per heavy atom. The minimum atomic E-state index is -3.83. The molecule has 0 radical (unpaired) electrons. The minimum absolute atomic E-state index is 0.146. The molecule has 1 saturated carbocycles. The van der Waals surface area contributed by atoms with Crippen LogP contribution >= 0.6 is 0 Å². The molecule has 7 nitrogen and oxygen atoms in total. The number of rotatable bonds is 5. The lowest BCUT2D eigenvalue weighted by Crippen LogP contribution is -2.28. The van der Waals surface area contributed by atoms with Gasteiger partial charge in [-0.05, 0) is 26.7 Å². The second-order valence-electron chi connectivity index (χ2n) is 5.19. The smallest absolute Gasteiger partial charge is 0.273 e. The number of hydrogen-bond donors (Lipinski definition) is 1. The van der Waals surface area contributed by atoms with Crippen LogP contribution in [0.3, 0.4) is 0 Å². The van der Waals surface area contributed by atoms with Crippen LogP contribution in [0.1, 0.15) is 38.6 Å². The van der Waals surface area contributed by atoms with Gasteiger partial charge in [-0.2, -0.15) is 0 Å². The molecule has 0 unspecified atom stereocenters. The van der Waals surface area contributed by atoms with Gasteiger partial charge in [-0.3, -0.25) is 4.57 Å². The third kappa shape index (κ3) is 2.70. The quantitative estimate of drug-likeness (QED) is 0.828. The molecule has 0 saturated heterocycles. The van der Waals surface area contributed by atoms with Gasteiger partial charge in [0.15, 0.2) is 0 Å². The molecule has 1 fully saturated rings. The molecule has 1 heterocycles. The summed E-state index contributed by atoms with van der Waals surface area (Å²) in [6, 6.07) is 0.149. The highest BCUT2D eigenvalue weighted by atomic mass is 32.2. The van der Waals surface area contributed by atoms with E-state index in [9.17, 15) is 8.42 Å². The average molecular weight is 274 g/mol. The van der Waals surface area contributed by atoms with Crippen molar-refractivity contribution in [3.05, 3.63) is 5.82 Å². The van der Waals surface area contributed by atoms with Crippen LogP contribution in [-0.4, -0.2) is 35.9 Å². The van der Waals surface area contributed by atoms with E-state index in [2.05, 4.69) is 10.2 Å². The summed E-state index contributed by atoms with van der Waals surface area (Å²) in [4.78, 5) is 0. The zero-order valence-electron chi connectivity index (χ0n) is 10.8. The highest BCUT2D eigenvalue weighted by Gasteiger charge is 2.34. The standard InChI is InChI=1S/C10H18N4O3S/c1-10(2,17-3)6-8-12-13-9(18(11,15)16)14(8)7-4-5-7/h7H,4-6H2,1-3H3,(H2,11,15,16). The van der Waals surface area contributed by atoms with Crippen LogP contribution in [0, 0.1) is 0 Å². The summed E-state index contributed by atoms with van der Waals surface area (Å²) in [7, 11) is -2.22. The van der Waals surface area contributed by atoms with Crippen molar-refractivity contribution in [1.29, 1.82) is 0 Å². The van der Waals surface area contributed by atoms with E-state index in [1.807, 2.05) is 13.8 Å². The van der Waals surface area contributed by atoms with Gasteiger partial charge in [0.05, 0.1) is 5.60 Å². The number of ether oxygens (including phenoxy) is 1.